The van der Waals surface area contributed by atoms with Gasteiger partial charge >= 0.3 is 18.0 Å². The van der Waals surface area contributed by atoms with Gasteiger partial charge in [0, 0.05) is 7.05 Å². The van der Waals surface area contributed by atoms with E-state index in [0.717, 1.165) is 23.1 Å². The summed E-state index contributed by atoms with van der Waals surface area (Å²) in [6.07, 6.45) is 3.55. The molecular formula is C32H35N7O6S. The van der Waals surface area contributed by atoms with Crippen molar-refractivity contribution in [2.75, 3.05) is 26.2 Å². The van der Waals surface area contributed by atoms with Gasteiger partial charge in [0.2, 0.25) is 5.95 Å². The molecule has 0 saturated heterocycles. The van der Waals surface area contributed by atoms with Crippen LogP contribution in [-0.4, -0.2) is 56.6 Å². The lowest BCUT2D eigenvalue weighted by atomic mass is 9.86. The number of aromatic nitrogens is 3. The molecule has 1 N–H and O–H groups in total. The summed E-state index contributed by atoms with van der Waals surface area (Å²) in [4.78, 5) is 36.4. The van der Waals surface area contributed by atoms with Crippen molar-refractivity contribution < 1.29 is 27.5 Å². The van der Waals surface area contributed by atoms with E-state index in [-0.39, 0.29) is 34.3 Å². The first-order valence-electron chi connectivity index (χ1n) is 13.6. The number of carbonyl (C=O) groups excluding carboxylic acids is 2. The van der Waals surface area contributed by atoms with E-state index in [1.54, 1.807) is 13.0 Å². The summed E-state index contributed by atoms with van der Waals surface area (Å²) >= 11 is 0. The van der Waals surface area contributed by atoms with E-state index in [0.29, 0.717) is 0 Å². The summed E-state index contributed by atoms with van der Waals surface area (Å²) < 4.78 is 36.5. The van der Waals surface area contributed by atoms with Gasteiger partial charge in [-0.05, 0) is 54.2 Å². The summed E-state index contributed by atoms with van der Waals surface area (Å²) in [5.41, 5.74) is 3.30. The van der Waals surface area contributed by atoms with E-state index in [9.17, 15) is 18.0 Å². The maximum absolute atomic E-state index is 12.6. The van der Waals surface area contributed by atoms with E-state index < -0.39 is 26.9 Å². The number of rotatable bonds is 7. The number of allylic oxidation sites excluding steroid dienone is 3. The molecule has 2 amide bonds. The lowest BCUT2D eigenvalue weighted by molar-refractivity contribution is 0.0596. The van der Waals surface area contributed by atoms with Gasteiger partial charge in [0.25, 0.3) is 10.0 Å². The van der Waals surface area contributed by atoms with Crippen LogP contribution in [0.1, 0.15) is 55.0 Å². The van der Waals surface area contributed by atoms with Crippen molar-refractivity contribution in [2.24, 2.45) is 0 Å². The number of hydrogen-bond donors (Lipinski definition) is 1. The van der Waals surface area contributed by atoms with E-state index in [2.05, 4.69) is 64.7 Å². The standard InChI is InChI=1S/C17H18N2.C15H17N5O6S/c1-13(10-15(11-18)12-19)9-14-5-7-16(8-6-14)17(2,3)4;1-9-16-13(18-14(17-9)26-4)20(2)15(22)19-27(23,24)11-8-6-5-7-10(11)12(21)25-3/h5-10H,1-4H3;5-8H,1-4H3,(H,19,22)/b13-9+;. The molecule has 1 heterocycles. The monoisotopic (exact) mass is 645 g/mol. The SMILES string of the molecule is C/C(C=C(C#N)C#N)=C\c1ccc(C(C)(C)C)cc1.COC(=O)c1ccccc1S(=O)(=O)NC(=O)N(C)c1nc(C)nc(OC)n1. The van der Waals surface area contributed by atoms with Gasteiger partial charge in [-0.1, -0.05) is 63.2 Å². The number of carbonyl (C=O) groups is 2. The molecular weight excluding hydrogens is 610 g/mol. The van der Waals surface area contributed by atoms with Crippen molar-refractivity contribution in [3.63, 3.8) is 0 Å². The fourth-order valence-corrected chi connectivity index (χ4v) is 4.87. The Morgan fingerprint density at radius 1 is 0.978 bits per heavy atom. The summed E-state index contributed by atoms with van der Waals surface area (Å²) in [5, 5.41) is 17.4. The van der Waals surface area contributed by atoms with Crippen molar-refractivity contribution in [1.82, 2.24) is 19.7 Å². The Kier molecular flexibility index (Phi) is 12.7. The number of nitrogens with one attached hydrogen (secondary N) is 1. The number of esters is 1. The molecule has 0 radical (unpaired) electrons. The van der Waals surface area contributed by atoms with E-state index in [4.69, 9.17) is 15.3 Å². The predicted molar refractivity (Wildman–Crippen MR) is 171 cm³/mol. The molecule has 14 heteroatoms. The topological polar surface area (TPSA) is 188 Å². The van der Waals surface area contributed by atoms with Crippen molar-refractivity contribution in [2.45, 2.75) is 44.9 Å². The molecule has 0 bridgehead atoms. The third-order valence-electron chi connectivity index (χ3n) is 6.09. The van der Waals surface area contributed by atoms with E-state index >= 15 is 0 Å². The van der Waals surface area contributed by atoms with Crippen LogP contribution in [0.4, 0.5) is 10.7 Å². The Bertz CT molecular complexity index is 1820. The number of benzene rings is 2. The Morgan fingerprint density at radius 2 is 1.59 bits per heavy atom. The minimum atomic E-state index is -4.37. The van der Waals surface area contributed by atoms with Crippen molar-refractivity contribution >= 4 is 34.0 Å². The minimum Gasteiger partial charge on any atom is -0.467 e. The number of nitrogens with zero attached hydrogens (tertiary/aromatic N) is 6. The molecule has 240 valence electrons. The molecule has 13 nitrogen and oxygen atoms in total. The molecule has 0 unspecified atom stereocenters. The molecule has 46 heavy (non-hydrogen) atoms. The average molecular weight is 646 g/mol. The summed E-state index contributed by atoms with van der Waals surface area (Å²) in [6.45, 7) is 9.98. The van der Waals surface area contributed by atoms with Crippen LogP contribution in [0.3, 0.4) is 0 Å². The van der Waals surface area contributed by atoms with Gasteiger partial charge in [0.1, 0.15) is 28.4 Å². The highest BCUT2D eigenvalue weighted by atomic mass is 32.2. The lowest BCUT2D eigenvalue weighted by Crippen LogP contribution is -2.42. The number of ether oxygens (including phenoxy) is 2. The zero-order valence-corrected chi connectivity index (χ0v) is 27.6. The first-order valence-corrected chi connectivity index (χ1v) is 15.1. The quantitative estimate of drug-likeness (QED) is 0.210. The van der Waals surface area contributed by atoms with Crippen LogP contribution in [0.15, 0.2) is 70.6 Å². The predicted octanol–water partition coefficient (Wildman–Crippen LogP) is 4.87. The zero-order valence-electron chi connectivity index (χ0n) is 26.8. The van der Waals surface area contributed by atoms with Crippen LogP contribution in [0, 0.1) is 29.6 Å². The van der Waals surface area contributed by atoms with Gasteiger partial charge < -0.3 is 9.47 Å². The number of nitriles is 2. The number of urea groups is 1. The average Bonchev–Trinajstić information content (AvgIpc) is 3.02. The van der Waals surface area contributed by atoms with Crippen molar-refractivity contribution in [3.05, 3.63) is 88.3 Å². The third-order valence-corrected chi connectivity index (χ3v) is 7.47. The van der Waals surface area contributed by atoms with Gasteiger partial charge in [-0.15, -0.1) is 0 Å². The Labute approximate surface area is 268 Å². The van der Waals surface area contributed by atoms with Gasteiger partial charge in [-0.3, -0.25) is 4.90 Å². The number of hydrogen-bond acceptors (Lipinski definition) is 11. The Morgan fingerprint density at radius 3 is 2.13 bits per heavy atom. The first kappa shape index (κ1) is 36.6. The van der Waals surface area contributed by atoms with E-state index in [1.807, 2.05) is 29.9 Å². The van der Waals surface area contributed by atoms with Crippen LogP contribution < -0.4 is 14.4 Å². The highest BCUT2D eigenvalue weighted by Crippen LogP contribution is 2.23. The number of aryl methyl sites for hydroxylation is 1. The van der Waals surface area contributed by atoms with Crippen molar-refractivity contribution in [3.8, 4) is 18.1 Å². The fourth-order valence-electron chi connectivity index (χ4n) is 3.69. The molecule has 1 aromatic heterocycles. The molecule has 0 spiro atoms. The van der Waals surface area contributed by atoms with Gasteiger partial charge in [-0.2, -0.15) is 25.5 Å². The number of methoxy groups -OCH3 is 2. The number of anilines is 1. The molecule has 2 aromatic carbocycles. The Balaban J connectivity index is 0.000000341. The lowest BCUT2D eigenvalue weighted by Gasteiger charge is -2.18. The normalized spacial score (nSPS) is 11.0. The molecule has 3 rings (SSSR count). The maximum Gasteiger partial charge on any atom is 0.339 e. The first-order chi connectivity index (χ1) is 21.6. The highest BCUT2D eigenvalue weighted by Gasteiger charge is 2.27. The fraction of sp³-hybridized carbons (Fsp3) is 0.281. The van der Waals surface area contributed by atoms with Crippen LogP contribution in [-0.2, 0) is 20.2 Å². The largest absolute Gasteiger partial charge is 0.467 e. The van der Waals surface area contributed by atoms with Crippen LogP contribution in [0.25, 0.3) is 6.08 Å². The third kappa shape index (κ3) is 10.2. The summed E-state index contributed by atoms with van der Waals surface area (Å²) in [5.74, 6) is -0.696. The van der Waals surface area contributed by atoms with E-state index in [1.165, 1.54) is 44.0 Å². The minimum absolute atomic E-state index is 0.0314. The maximum atomic E-state index is 12.6. The molecule has 0 aliphatic carbocycles. The molecule has 0 atom stereocenters. The smallest absolute Gasteiger partial charge is 0.339 e. The van der Waals surface area contributed by atoms with Crippen LogP contribution in [0.2, 0.25) is 0 Å². The van der Waals surface area contributed by atoms with Gasteiger partial charge in [0.05, 0.1) is 19.8 Å². The Hall–Kier alpha value is -5.60. The molecule has 3 aromatic rings. The van der Waals surface area contributed by atoms with Crippen LogP contribution in [0.5, 0.6) is 6.01 Å². The molecule has 0 saturated carbocycles. The highest BCUT2D eigenvalue weighted by molar-refractivity contribution is 7.90. The van der Waals surface area contributed by atoms with Crippen LogP contribution >= 0.6 is 0 Å². The van der Waals surface area contributed by atoms with Gasteiger partial charge in [0.15, 0.2) is 0 Å². The molecule has 0 fully saturated rings. The summed E-state index contributed by atoms with van der Waals surface area (Å²) in [6, 6.07) is 16.3. The second-order valence-corrected chi connectivity index (χ2v) is 12.3. The zero-order chi connectivity index (χ0) is 34.7. The molecule has 0 aliphatic heterocycles. The van der Waals surface area contributed by atoms with Crippen molar-refractivity contribution in [1.29, 1.82) is 10.5 Å². The van der Waals surface area contributed by atoms with Gasteiger partial charge in [-0.25, -0.2) is 22.7 Å². The molecule has 0 aliphatic rings. The summed E-state index contributed by atoms with van der Waals surface area (Å²) in [7, 11) is -0.640. The second kappa shape index (κ2) is 15.9. The number of amides is 2. The number of sulfonamides is 1. The second-order valence-electron chi connectivity index (χ2n) is 10.7.